The molecule has 1 heterocycles. The number of hydrogen-bond donors (Lipinski definition) is 1. The molecule has 0 saturated carbocycles. The van der Waals surface area contributed by atoms with Crippen LogP contribution in [0.5, 0.6) is 0 Å². The molecule has 1 amide bonds. The molecule has 6 heteroatoms. The summed E-state index contributed by atoms with van der Waals surface area (Å²) in [6.45, 7) is 5.53. The molecule has 2 N–H and O–H groups in total. The van der Waals surface area contributed by atoms with Gasteiger partial charge in [0.1, 0.15) is 5.69 Å². The lowest BCUT2D eigenvalue weighted by Gasteiger charge is -2.23. The van der Waals surface area contributed by atoms with E-state index in [9.17, 15) is 4.79 Å². The second kappa shape index (κ2) is 8.69. The van der Waals surface area contributed by atoms with Crippen LogP contribution in [0.1, 0.15) is 23.8 Å². The van der Waals surface area contributed by atoms with Crippen LogP contribution < -0.4 is 5.73 Å². The van der Waals surface area contributed by atoms with Gasteiger partial charge in [-0.3, -0.25) is 4.79 Å². The standard InChI is InChI=1S/C15H28N4O2/c1-5-18-12-13(16)11-14(18)15(20)19(9-10-21-4)8-6-7-17(2)3/h11-12H,5-10,16H2,1-4H3. The summed E-state index contributed by atoms with van der Waals surface area (Å²) in [7, 11) is 5.71. The number of rotatable bonds is 9. The van der Waals surface area contributed by atoms with Crippen LogP contribution in [0.15, 0.2) is 12.3 Å². The Morgan fingerprint density at radius 3 is 2.62 bits per heavy atom. The molecular weight excluding hydrogens is 268 g/mol. The van der Waals surface area contributed by atoms with Gasteiger partial charge in [0.05, 0.1) is 12.3 Å². The van der Waals surface area contributed by atoms with Crippen molar-refractivity contribution in [3.63, 3.8) is 0 Å². The Labute approximate surface area is 127 Å². The van der Waals surface area contributed by atoms with E-state index < -0.39 is 0 Å². The second-order valence-corrected chi connectivity index (χ2v) is 5.39. The summed E-state index contributed by atoms with van der Waals surface area (Å²) in [5.74, 6) is 0.0179. The molecule has 0 spiro atoms. The average Bonchev–Trinajstić information content (AvgIpc) is 2.82. The number of anilines is 1. The van der Waals surface area contributed by atoms with Gasteiger partial charge in [-0.05, 0) is 40.1 Å². The number of aromatic nitrogens is 1. The first-order valence-corrected chi connectivity index (χ1v) is 7.38. The van der Waals surface area contributed by atoms with Gasteiger partial charge in [-0.15, -0.1) is 0 Å². The van der Waals surface area contributed by atoms with Crippen molar-refractivity contribution in [1.82, 2.24) is 14.4 Å². The van der Waals surface area contributed by atoms with Crippen molar-refractivity contribution in [1.29, 1.82) is 0 Å². The molecule has 0 radical (unpaired) electrons. The van der Waals surface area contributed by atoms with Gasteiger partial charge in [0.25, 0.3) is 5.91 Å². The minimum absolute atomic E-state index is 0.0179. The third-order valence-electron chi connectivity index (χ3n) is 3.36. The molecule has 120 valence electrons. The molecule has 1 rings (SSSR count). The maximum atomic E-state index is 12.7. The fourth-order valence-electron chi connectivity index (χ4n) is 2.23. The Balaban J connectivity index is 2.77. The smallest absolute Gasteiger partial charge is 0.270 e. The zero-order valence-corrected chi connectivity index (χ0v) is 13.6. The topological polar surface area (TPSA) is 63.7 Å². The largest absolute Gasteiger partial charge is 0.397 e. The molecule has 0 aliphatic heterocycles. The highest BCUT2D eigenvalue weighted by molar-refractivity contribution is 5.93. The van der Waals surface area contributed by atoms with E-state index in [4.69, 9.17) is 10.5 Å². The van der Waals surface area contributed by atoms with Crippen molar-refractivity contribution in [2.75, 3.05) is 53.2 Å². The fourth-order valence-corrected chi connectivity index (χ4v) is 2.23. The number of carbonyl (C=O) groups excluding carboxylic acids is 1. The molecule has 6 nitrogen and oxygen atoms in total. The predicted octanol–water partition coefficient (Wildman–Crippen LogP) is 1.13. The summed E-state index contributed by atoms with van der Waals surface area (Å²) < 4.78 is 7.00. The van der Waals surface area contributed by atoms with Crippen LogP contribution in [0.2, 0.25) is 0 Å². The van der Waals surface area contributed by atoms with E-state index in [2.05, 4.69) is 4.90 Å². The highest BCUT2D eigenvalue weighted by Crippen LogP contribution is 2.13. The van der Waals surface area contributed by atoms with Gasteiger partial charge in [-0.25, -0.2) is 0 Å². The molecule has 0 unspecified atom stereocenters. The first kappa shape index (κ1) is 17.5. The molecule has 21 heavy (non-hydrogen) atoms. The molecule has 0 atom stereocenters. The van der Waals surface area contributed by atoms with Crippen LogP contribution in [0, 0.1) is 0 Å². The molecule has 0 bridgehead atoms. The third-order valence-corrected chi connectivity index (χ3v) is 3.36. The van der Waals surface area contributed by atoms with Gasteiger partial charge < -0.3 is 24.8 Å². The van der Waals surface area contributed by atoms with Crippen molar-refractivity contribution in [2.45, 2.75) is 19.9 Å². The Morgan fingerprint density at radius 2 is 2.05 bits per heavy atom. The van der Waals surface area contributed by atoms with Crippen molar-refractivity contribution in [3.8, 4) is 0 Å². The number of methoxy groups -OCH3 is 1. The van der Waals surface area contributed by atoms with Crippen LogP contribution in [0.4, 0.5) is 5.69 Å². The van der Waals surface area contributed by atoms with Crippen molar-refractivity contribution >= 4 is 11.6 Å². The maximum Gasteiger partial charge on any atom is 0.270 e. The number of ether oxygens (including phenoxy) is 1. The Bertz CT molecular complexity index is 443. The number of hydrogen-bond acceptors (Lipinski definition) is 4. The molecule has 0 aromatic carbocycles. The van der Waals surface area contributed by atoms with Crippen LogP contribution in [-0.4, -0.2) is 67.7 Å². The molecule has 0 aliphatic carbocycles. The first-order valence-electron chi connectivity index (χ1n) is 7.38. The summed E-state index contributed by atoms with van der Waals surface area (Å²) in [5.41, 5.74) is 7.08. The fraction of sp³-hybridized carbons (Fsp3) is 0.667. The molecular formula is C15H28N4O2. The summed E-state index contributed by atoms with van der Waals surface area (Å²) in [6, 6.07) is 1.75. The molecule has 0 aliphatic rings. The second-order valence-electron chi connectivity index (χ2n) is 5.39. The molecule has 1 aromatic rings. The monoisotopic (exact) mass is 296 g/mol. The summed E-state index contributed by atoms with van der Waals surface area (Å²) in [6.07, 6.45) is 2.74. The van der Waals surface area contributed by atoms with E-state index in [-0.39, 0.29) is 5.91 Å². The summed E-state index contributed by atoms with van der Waals surface area (Å²) >= 11 is 0. The van der Waals surface area contributed by atoms with Gasteiger partial charge >= 0.3 is 0 Å². The van der Waals surface area contributed by atoms with E-state index in [0.717, 1.165) is 26.1 Å². The molecule has 0 fully saturated rings. The first-order chi connectivity index (χ1) is 9.99. The van der Waals surface area contributed by atoms with Crippen molar-refractivity contribution in [3.05, 3.63) is 18.0 Å². The molecule has 1 aromatic heterocycles. The van der Waals surface area contributed by atoms with Crippen LogP contribution in [0.25, 0.3) is 0 Å². The normalized spacial score (nSPS) is 11.1. The van der Waals surface area contributed by atoms with Crippen molar-refractivity contribution < 1.29 is 9.53 Å². The molecule has 0 saturated heterocycles. The number of nitrogens with zero attached hydrogens (tertiary/aromatic N) is 3. The van der Waals surface area contributed by atoms with Gasteiger partial charge in [0.15, 0.2) is 0 Å². The predicted molar refractivity (Wildman–Crippen MR) is 85.5 cm³/mol. The van der Waals surface area contributed by atoms with Gasteiger partial charge in [0, 0.05) is 32.9 Å². The zero-order valence-electron chi connectivity index (χ0n) is 13.6. The van der Waals surface area contributed by atoms with Crippen molar-refractivity contribution in [2.24, 2.45) is 0 Å². The maximum absolute atomic E-state index is 12.7. The Kier molecular flexibility index (Phi) is 7.25. The van der Waals surface area contributed by atoms with Crippen LogP contribution >= 0.6 is 0 Å². The lowest BCUT2D eigenvalue weighted by molar-refractivity contribution is 0.0679. The number of nitrogen functional groups attached to an aromatic ring is 1. The third kappa shape index (κ3) is 5.40. The minimum atomic E-state index is 0.0179. The van der Waals surface area contributed by atoms with Crippen LogP contribution in [0.3, 0.4) is 0 Å². The quantitative estimate of drug-likeness (QED) is 0.742. The van der Waals surface area contributed by atoms with Gasteiger partial charge in [0.2, 0.25) is 0 Å². The van der Waals surface area contributed by atoms with E-state index in [1.165, 1.54) is 0 Å². The SMILES string of the molecule is CCn1cc(N)cc1C(=O)N(CCCN(C)C)CCOC. The highest BCUT2D eigenvalue weighted by Gasteiger charge is 2.19. The highest BCUT2D eigenvalue weighted by atomic mass is 16.5. The lowest BCUT2D eigenvalue weighted by Crippen LogP contribution is -2.37. The van der Waals surface area contributed by atoms with Crippen LogP contribution in [-0.2, 0) is 11.3 Å². The number of carbonyl (C=O) groups is 1. The van der Waals surface area contributed by atoms with E-state index >= 15 is 0 Å². The minimum Gasteiger partial charge on any atom is -0.397 e. The van der Waals surface area contributed by atoms with E-state index in [1.807, 2.05) is 36.7 Å². The number of aryl methyl sites for hydroxylation is 1. The van der Waals surface area contributed by atoms with E-state index in [0.29, 0.717) is 24.5 Å². The number of amides is 1. The zero-order chi connectivity index (χ0) is 15.8. The average molecular weight is 296 g/mol. The summed E-state index contributed by atoms with van der Waals surface area (Å²) in [4.78, 5) is 16.7. The van der Waals surface area contributed by atoms with Gasteiger partial charge in [-0.2, -0.15) is 0 Å². The van der Waals surface area contributed by atoms with E-state index in [1.54, 1.807) is 13.2 Å². The van der Waals surface area contributed by atoms with Gasteiger partial charge in [-0.1, -0.05) is 0 Å². The number of nitrogens with two attached hydrogens (primary N) is 1. The Morgan fingerprint density at radius 1 is 1.33 bits per heavy atom. The Hall–Kier alpha value is -1.53. The summed E-state index contributed by atoms with van der Waals surface area (Å²) in [5, 5.41) is 0. The lowest BCUT2D eigenvalue weighted by atomic mass is 10.3.